The zero-order chi connectivity index (χ0) is 33.2. The number of hydrogen-bond acceptors (Lipinski definition) is 7. The molecule has 7 saturated heterocycles. The lowest BCUT2D eigenvalue weighted by Crippen LogP contribution is -2.54. The molecule has 7 aliphatic heterocycles. The maximum Gasteiger partial charge on any atom is 0.254 e. The number of piperidine rings is 3. The first-order valence-electron chi connectivity index (χ1n) is 18.7. The minimum Gasteiger partial charge on any atom is -0.354 e. The molecule has 8 rings (SSSR count). The van der Waals surface area contributed by atoms with Crippen LogP contribution in [-0.2, 0) is 14.4 Å². The number of nitrogens with one attached hydrogen (secondary N) is 2. The van der Waals surface area contributed by atoms with Crippen LogP contribution < -0.4 is 10.6 Å². The van der Waals surface area contributed by atoms with E-state index in [1.807, 2.05) is 18.2 Å². The molecule has 1 aromatic carbocycles. The maximum atomic E-state index is 13.9. The second-order valence-electron chi connectivity index (χ2n) is 15.4. The van der Waals surface area contributed by atoms with Gasteiger partial charge >= 0.3 is 0 Å². The van der Waals surface area contributed by atoms with Crippen LogP contribution in [-0.4, -0.2) is 144 Å². The number of hydrogen-bond donors (Lipinski definition) is 2. The molecular formula is C37H55N7O4. The number of nitrogens with zero attached hydrogens (tertiary/aromatic N) is 5. The summed E-state index contributed by atoms with van der Waals surface area (Å²) in [6, 6.07) is 8.87. The molecule has 7 fully saturated rings. The molecule has 7 aliphatic rings. The fourth-order valence-electron chi connectivity index (χ4n) is 9.66. The van der Waals surface area contributed by atoms with Gasteiger partial charge in [0.15, 0.2) is 0 Å². The minimum atomic E-state index is -0.646. The first-order valence-corrected chi connectivity index (χ1v) is 18.7. The highest BCUT2D eigenvalue weighted by molar-refractivity contribution is 5.98. The third kappa shape index (κ3) is 7.28. The molecule has 11 heteroatoms. The number of benzene rings is 1. The van der Waals surface area contributed by atoms with Crippen LogP contribution in [0.25, 0.3) is 0 Å². The molecule has 0 radical (unpaired) electrons. The summed E-state index contributed by atoms with van der Waals surface area (Å²) in [4.78, 5) is 66.3. The van der Waals surface area contributed by atoms with E-state index < -0.39 is 6.04 Å². The highest BCUT2D eigenvalue weighted by Gasteiger charge is 2.44. The molecule has 4 amide bonds. The number of likely N-dealkylation sites (tertiary alicyclic amines) is 3. The molecule has 4 bridgehead atoms. The van der Waals surface area contributed by atoms with Crippen LogP contribution in [0.3, 0.4) is 0 Å². The molecule has 262 valence electrons. The summed E-state index contributed by atoms with van der Waals surface area (Å²) >= 11 is 0. The highest BCUT2D eigenvalue weighted by Crippen LogP contribution is 2.34. The van der Waals surface area contributed by atoms with Crippen molar-refractivity contribution in [1.29, 1.82) is 0 Å². The van der Waals surface area contributed by atoms with Gasteiger partial charge in [-0.3, -0.25) is 29.0 Å². The molecule has 7 heterocycles. The Labute approximate surface area is 285 Å². The van der Waals surface area contributed by atoms with E-state index in [9.17, 15) is 19.2 Å². The van der Waals surface area contributed by atoms with E-state index in [0.29, 0.717) is 49.4 Å². The summed E-state index contributed by atoms with van der Waals surface area (Å²) in [6.45, 7) is 7.49. The van der Waals surface area contributed by atoms with E-state index in [4.69, 9.17) is 0 Å². The molecule has 0 spiro atoms. The van der Waals surface area contributed by atoms with Gasteiger partial charge in [-0.15, -0.1) is 0 Å². The van der Waals surface area contributed by atoms with Gasteiger partial charge in [0.2, 0.25) is 17.7 Å². The van der Waals surface area contributed by atoms with Gasteiger partial charge in [-0.1, -0.05) is 18.2 Å². The Hall–Kier alpha value is -3.02. The van der Waals surface area contributed by atoms with Crippen molar-refractivity contribution in [1.82, 2.24) is 35.1 Å². The van der Waals surface area contributed by atoms with Crippen LogP contribution in [0.15, 0.2) is 30.3 Å². The number of fused-ring (bicyclic) bond motifs is 7. The molecule has 1 aromatic rings. The topological polar surface area (TPSA) is 109 Å². The van der Waals surface area contributed by atoms with Gasteiger partial charge < -0.3 is 25.3 Å². The summed E-state index contributed by atoms with van der Waals surface area (Å²) in [5, 5.41) is 6.47. The number of amides is 4. The van der Waals surface area contributed by atoms with Crippen molar-refractivity contribution >= 4 is 23.6 Å². The van der Waals surface area contributed by atoms with E-state index >= 15 is 0 Å². The van der Waals surface area contributed by atoms with E-state index in [-0.39, 0.29) is 41.8 Å². The first kappa shape index (κ1) is 33.5. The third-order valence-electron chi connectivity index (χ3n) is 12.5. The Morgan fingerprint density at radius 3 is 2.27 bits per heavy atom. The first-order chi connectivity index (χ1) is 23.3. The Kier molecular flexibility index (Phi) is 10.4. The number of rotatable bonds is 2. The molecule has 0 saturated carbocycles. The predicted molar refractivity (Wildman–Crippen MR) is 183 cm³/mol. The van der Waals surface area contributed by atoms with E-state index in [1.54, 1.807) is 17.0 Å². The summed E-state index contributed by atoms with van der Waals surface area (Å²) in [5.41, 5.74) is 0.550. The van der Waals surface area contributed by atoms with Crippen molar-refractivity contribution < 1.29 is 19.2 Å². The zero-order valence-electron chi connectivity index (χ0n) is 28.7. The molecule has 2 N–H and O–H groups in total. The Morgan fingerprint density at radius 2 is 1.50 bits per heavy atom. The summed E-state index contributed by atoms with van der Waals surface area (Å²) < 4.78 is 0. The van der Waals surface area contributed by atoms with Crippen molar-refractivity contribution in [3.8, 4) is 0 Å². The Balaban J connectivity index is 1.11. The normalized spacial score (nSPS) is 33.7. The second-order valence-corrected chi connectivity index (χ2v) is 15.4. The van der Waals surface area contributed by atoms with Gasteiger partial charge in [-0.25, -0.2) is 0 Å². The third-order valence-corrected chi connectivity index (χ3v) is 12.5. The predicted octanol–water partition coefficient (Wildman–Crippen LogP) is 1.78. The van der Waals surface area contributed by atoms with Crippen LogP contribution in [0.4, 0.5) is 0 Å². The minimum absolute atomic E-state index is 0.000306. The quantitative estimate of drug-likeness (QED) is 0.498. The van der Waals surface area contributed by atoms with Crippen molar-refractivity contribution in [2.24, 2.45) is 11.8 Å². The van der Waals surface area contributed by atoms with Crippen LogP contribution in [0.2, 0.25) is 0 Å². The van der Waals surface area contributed by atoms with Gasteiger partial charge in [-0.2, -0.15) is 0 Å². The number of carbonyl (C=O) groups is 4. The average Bonchev–Trinajstić information content (AvgIpc) is 3.77. The zero-order valence-corrected chi connectivity index (χ0v) is 28.7. The molecule has 5 atom stereocenters. The largest absolute Gasteiger partial charge is 0.354 e. The average molecular weight is 662 g/mol. The Bertz CT molecular complexity index is 1310. The smallest absolute Gasteiger partial charge is 0.254 e. The van der Waals surface area contributed by atoms with Crippen LogP contribution in [0.5, 0.6) is 0 Å². The second kappa shape index (κ2) is 14.8. The van der Waals surface area contributed by atoms with Crippen LogP contribution in [0.1, 0.15) is 74.6 Å². The van der Waals surface area contributed by atoms with Crippen molar-refractivity contribution in [2.45, 2.75) is 94.4 Å². The molecular weight excluding hydrogens is 606 g/mol. The maximum absolute atomic E-state index is 13.9. The lowest BCUT2D eigenvalue weighted by Gasteiger charge is -2.45. The fraction of sp³-hybridized carbons (Fsp3) is 0.730. The van der Waals surface area contributed by atoms with Gasteiger partial charge in [0, 0.05) is 62.8 Å². The fourth-order valence-corrected chi connectivity index (χ4v) is 9.66. The standard InChI is InChI=1S/C37H55N7O4/c1-40-17-11-30(12-18-40)42-19-10-27-22-34(45)41-20-13-31(14-21-41)43-16-5-8-32(43)36(47)39-29-23-33(35(46)38-15-9-28(27)24-42)44(25-29)37(48)26-6-3-2-4-7-26/h2-4,6-7,27-33H,5,8-25H2,1H3,(H,38,46)(H,39,47)/t27-,28-,29-,32-,33-/m0/s1. The Morgan fingerprint density at radius 1 is 0.750 bits per heavy atom. The van der Waals surface area contributed by atoms with E-state index in [1.165, 1.54) is 12.8 Å². The monoisotopic (exact) mass is 661 g/mol. The summed E-state index contributed by atoms with van der Waals surface area (Å²) in [6.07, 6.45) is 8.75. The van der Waals surface area contributed by atoms with Crippen molar-refractivity contribution in [3.05, 3.63) is 35.9 Å². The lowest BCUT2D eigenvalue weighted by atomic mass is 9.79. The van der Waals surface area contributed by atoms with E-state index in [2.05, 4.69) is 37.3 Å². The summed E-state index contributed by atoms with van der Waals surface area (Å²) in [7, 11) is 2.20. The molecule has 0 aromatic heterocycles. The molecule has 48 heavy (non-hydrogen) atoms. The number of carbonyl (C=O) groups excluding carboxylic acids is 4. The molecule has 11 nitrogen and oxygen atoms in total. The van der Waals surface area contributed by atoms with Gasteiger partial charge in [0.25, 0.3) is 5.91 Å². The SMILES string of the molecule is CN1CCC(N2CC[C@H]3CC(=O)N4CCC(CC4)N4CCC[C@H]4C(=O)N[C@H]4C[C@@H](C(=O)NCC[C@H]3C2)N(C(=O)c2ccccc2)C4)CC1. The van der Waals surface area contributed by atoms with E-state index in [0.717, 1.165) is 84.3 Å². The van der Waals surface area contributed by atoms with Crippen LogP contribution >= 0.6 is 0 Å². The summed E-state index contributed by atoms with van der Waals surface area (Å²) in [5.74, 6) is 0.556. The van der Waals surface area contributed by atoms with Gasteiger partial charge in [-0.05, 0) is 115 Å². The van der Waals surface area contributed by atoms with Gasteiger partial charge in [0.05, 0.1) is 6.04 Å². The van der Waals surface area contributed by atoms with Crippen molar-refractivity contribution in [3.63, 3.8) is 0 Å². The highest BCUT2D eigenvalue weighted by atomic mass is 16.2. The molecule has 0 unspecified atom stereocenters. The molecule has 0 aliphatic carbocycles. The lowest BCUT2D eigenvalue weighted by molar-refractivity contribution is -0.136. The van der Waals surface area contributed by atoms with Gasteiger partial charge in [0.1, 0.15) is 6.04 Å². The van der Waals surface area contributed by atoms with Crippen LogP contribution in [0, 0.1) is 11.8 Å². The van der Waals surface area contributed by atoms with Crippen molar-refractivity contribution in [2.75, 3.05) is 66.0 Å².